The minimum atomic E-state index is 0.459. The quantitative estimate of drug-likeness (QED) is 0.0293. The molecule has 694 valence electrons. The van der Waals surface area contributed by atoms with Crippen molar-refractivity contribution in [1.29, 1.82) is 0 Å². The van der Waals surface area contributed by atoms with E-state index in [-0.39, 0.29) is 0 Å². The number of methoxy groups -OCH3 is 2. The van der Waals surface area contributed by atoms with Crippen molar-refractivity contribution >= 4 is 38.7 Å². The summed E-state index contributed by atoms with van der Waals surface area (Å²) in [7, 11) is 29.8. The van der Waals surface area contributed by atoms with Gasteiger partial charge in [0.25, 0.3) is 0 Å². The molecule has 2 atom stereocenters. The van der Waals surface area contributed by atoms with Crippen LogP contribution in [-0.2, 0) is 11.2 Å². The van der Waals surface area contributed by atoms with E-state index in [9.17, 15) is 0 Å². The van der Waals surface area contributed by atoms with Crippen LogP contribution in [0.4, 0.5) is 22.7 Å². The molecule has 0 spiro atoms. The molecule has 3 heterocycles. The van der Waals surface area contributed by atoms with Gasteiger partial charge in [0, 0.05) is 98.7 Å². The van der Waals surface area contributed by atoms with Gasteiger partial charge in [0.05, 0.1) is 27.4 Å². The lowest BCUT2D eigenvalue weighted by atomic mass is 9.88. The maximum atomic E-state index is 5.10. The molecule has 1 saturated carbocycles. The van der Waals surface area contributed by atoms with Gasteiger partial charge in [-0.3, -0.25) is 0 Å². The summed E-state index contributed by atoms with van der Waals surface area (Å²) in [6, 6.07) is 57.2. The summed E-state index contributed by atoms with van der Waals surface area (Å²) in [6.07, 6.45) is 25.0. The first-order valence-corrected chi connectivity index (χ1v) is 47.0. The molecule has 6 aromatic carbocycles. The summed E-state index contributed by atoms with van der Waals surface area (Å²) in [6.45, 7) is 48.3. The van der Waals surface area contributed by atoms with E-state index in [4.69, 9.17) is 14.2 Å². The molecule has 17 heteroatoms. The lowest BCUT2D eigenvalue weighted by molar-refractivity contribution is 0.0503. The smallest absolute Gasteiger partial charge is 0.120 e. The van der Waals surface area contributed by atoms with E-state index >= 15 is 0 Å². The van der Waals surface area contributed by atoms with Gasteiger partial charge in [-0.25, -0.2) is 0 Å². The van der Waals surface area contributed by atoms with Crippen LogP contribution < -0.4 is 46.7 Å². The number of unbranched alkanes of at least 4 members (excludes halogenated alkanes) is 2. The van der Waals surface area contributed by atoms with Gasteiger partial charge in [0.15, 0.2) is 0 Å². The number of morpholine rings is 1. The van der Waals surface area contributed by atoms with Gasteiger partial charge in [-0.15, -0.1) is 0 Å². The Hall–Kier alpha value is -5.80. The molecule has 4 aliphatic rings. The molecule has 0 amide bonds. The molecule has 0 aromatic heterocycles. The molecule has 10 rings (SSSR count). The number of anilines is 4. The minimum Gasteiger partial charge on any atom is -0.497 e. The molecule has 1 aliphatic carbocycles. The zero-order valence-corrected chi connectivity index (χ0v) is 84.8. The van der Waals surface area contributed by atoms with Crippen molar-refractivity contribution in [3.8, 4) is 11.5 Å². The number of rotatable bonds is 25. The monoisotopic (exact) mass is 1740 g/mol. The van der Waals surface area contributed by atoms with E-state index in [0.717, 1.165) is 96.5 Å². The highest BCUT2D eigenvalue weighted by molar-refractivity contribution is 9.10. The summed E-state index contributed by atoms with van der Waals surface area (Å²) in [5.74, 6) is 3.64. The van der Waals surface area contributed by atoms with Gasteiger partial charge in [-0.1, -0.05) is 227 Å². The highest BCUT2D eigenvalue weighted by Gasteiger charge is 2.10. The van der Waals surface area contributed by atoms with Gasteiger partial charge in [-0.05, 0) is 311 Å². The van der Waals surface area contributed by atoms with Crippen LogP contribution in [0.2, 0.25) is 0 Å². The molecule has 3 saturated heterocycles. The fourth-order valence-electron chi connectivity index (χ4n) is 11.2. The Balaban J connectivity index is -0.000000395. The van der Waals surface area contributed by atoms with Crippen molar-refractivity contribution in [1.82, 2.24) is 45.3 Å². The Morgan fingerprint density at radius 1 is 0.442 bits per heavy atom. The number of ether oxygens (including phenoxy) is 3. The van der Waals surface area contributed by atoms with Crippen LogP contribution in [0, 0.1) is 11.8 Å². The molecule has 16 nitrogen and oxygen atoms in total. The van der Waals surface area contributed by atoms with E-state index in [1.807, 2.05) is 159 Å². The van der Waals surface area contributed by atoms with E-state index < -0.39 is 0 Å². The van der Waals surface area contributed by atoms with Crippen molar-refractivity contribution in [3.05, 3.63) is 179 Å². The first-order valence-electron chi connectivity index (χ1n) is 46.2. The minimum absolute atomic E-state index is 0.459. The normalized spacial score (nSPS) is 13.8. The summed E-state index contributed by atoms with van der Waals surface area (Å²) in [5.41, 5.74) is 7.25. The van der Waals surface area contributed by atoms with E-state index in [1.165, 1.54) is 166 Å². The number of likely N-dealkylation sites (N-methyl/N-ethyl adjacent to an activating group) is 1. The Bertz CT molecular complexity index is 2830. The van der Waals surface area contributed by atoms with Crippen LogP contribution in [0.25, 0.3) is 0 Å². The molecule has 6 aromatic rings. The molecular weight excluding hydrogens is 1550 g/mol. The average molecular weight is 1740 g/mol. The molecule has 3 aliphatic heterocycles. The first kappa shape index (κ1) is 123. The second kappa shape index (κ2) is 90.9. The topological polar surface area (TPSA) is 131 Å². The summed E-state index contributed by atoms with van der Waals surface area (Å²) in [5, 5.41) is 21.5. The van der Waals surface area contributed by atoms with Gasteiger partial charge in [-0.2, -0.15) is 0 Å². The molecular formula is C103H192BrN13O3. The molecule has 7 N–H and O–H groups in total. The number of aryl methyl sites for hydroxylation is 1. The largest absolute Gasteiger partial charge is 0.497 e. The zero-order chi connectivity index (χ0) is 91.2. The summed E-state index contributed by atoms with van der Waals surface area (Å²) in [4.78, 5) is 14.0. The lowest BCUT2D eigenvalue weighted by Crippen LogP contribution is -2.32. The number of halogens is 1. The number of hydrogen-bond acceptors (Lipinski definition) is 16. The Labute approximate surface area is 752 Å². The van der Waals surface area contributed by atoms with Crippen LogP contribution in [0.1, 0.15) is 230 Å². The van der Waals surface area contributed by atoms with Crippen molar-refractivity contribution in [3.63, 3.8) is 0 Å². The van der Waals surface area contributed by atoms with Crippen molar-refractivity contribution in [2.24, 2.45) is 11.8 Å². The Kier molecular flexibility index (Phi) is 93.0. The number of piperidine rings is 1. The fourth-order valence-corrected chi connectivity index (χ4v) is 11.4. The average Bonchev–Trinajstić information content (AvgIpc) is 1.03. The van der Waals surface area contributed by atoms with Crippen LogP contribution in [-0.4, -0.2) is 239 Å². The number of nitrogens with one attached hydrogen (secondary N) is 7. The highest BCUT2D eigenvalue weighted by Crippen LogP contribution is 2.25. The SMILES string of the molecule is CC(C)N(C)C(C)C.CCC(C)NC.CCC1CCCCC1.CCCCN(C)CCCC.CCCc1ccccc1.CCN(C)CC.CN1CCCC1.CN1CCCCC1.CN1CCOCC1.CNC(C)c1ccccc1.CNCC(C)C.CNc1ccc(Br)cc1.CNc1ccc(OC)cc1.CNc1cccc(OC)c1.CNc1ccccc1. The number of hydrogen-bond donors (Lipinski definition) is 7. The van der Waals surface area contributed by atoms with Crippen molar-refractivity contribution in [2.45, 2.75) is 244 Å². The third kappa shape index (κ3) is 83.1. The van der Waals surface area contributed by atoms with Crippen LogP contribution in [0.5, 0.6) is 11.5 Å². The van der Waals surface area contributed by atoms with E-state index in [2.05, 4.69) is 283 Å². The predicted molar refractivity (Wildman–Crippen MR) is 544 cm³/mol. The molecule has 4 fully saturated rings. The van der Waals surface area contributed by atoms with Gasteiger partial charge in [0.1, 0.15) is 11.5 Å². The third-order valence-electron chi connectivity index (χ3n) is 20.7. The molecule has 120 heavy (non-hydrogen) atoms. The van der Waals surface area contributed by atoms with Crippen molar-refractivity contribution in [2.75, 3.05) is 212 Å². The summed E-state index contributed by atoms with van der Waals surface area (Å²) < 4.78 is 16.2. The number of likely N-dealkylation sites (tertiary alicyclic amines) is 2. The summed E-state index contributed by atoms with van der Waals surface area (Å²) >= 11 is 3.35. The maximum absolute atomic E-state index is 5.10. The van der Waals surface area contributed by atoms with Crippen LogP contribution in [0.15, 0.2) is 168 Å². The number of nitrogens with zero attached hydrogens (tertiary/aromatic N) is 6. The van der Waals surface area contributed by atoms with E-state index in [0.29, 0.717) is 24.2 Å². The standard InChI is InChI=1S/C9H13N.C9H21N.C9H12.2C8H11NO.C8H16.C7H8BrN.C7H9N.C7H17N.C6H13N.C5H11NO.C5H11N.3C5H13N/c1-8(10-2)9-6-4-3-5-7-9;1-4-6-8-10(3)9-7-5-2;1-2-6-9-7-4-3-5-8-9;1-9-7-3-5-8(10-2)6-4-7;1-9-7-4-3-5-8(6-7)10-2;1-2-8-6-4-3-5-7-8;1-9-7-4-2-6(8)3-5-7;1-8-7-5-3-2-4-6-7;1-6(2)8(5)7(3)4;1-7-5-3-2-4-6-7;1-6-2-4-7-5-3-6;1-6-4-2-3-5-6;1-5(2)4-6-3;1-4-6(3)5-2;1-4-5(2)6-3/h3-8,10H,1-2H3;4-9H2,1-3H3;3-5,7-8H,2,6H2,1H3;2*3-6,9H,1-2H3;8H,2-7H2,1H3;2-5,9H,1H3;2-6,8H,1H3;6-7H,1-5H3;2-6H2,1H3;2-5H2,1H3;2-5H2,1H3;5-6H,4H2,1-3H3;4-5H2,1-3H3;5-6H,4H2,1-3H3. The second-order valence-electron chi connectivity index (χ2n) is 32.1. The molecule has 0 bridgehead atoms. The van der Waals surface area contributed by atoms with Gasteiger partial charge < -0.3 is 80.8 Å². The van der Waals surface area contributed by atoms with Crippen LogP contribution >= 0.6 is 15.9 Å². The predicted octanol–water partition coefficient (Wildman–Crippen LogP) is 24.1. The first-order chi connectivity index (χ1) is 57.6. The van der Waals surface area contributed by atoms with Gasteiger partial charge >= 0.3 is 0 Å². The third-order valence-corrected chi connectivity index (χ3v) is 21.2. The Morgan fingerprint density at radius 3 is 1.13 bits per heavy atom. The zero-order valence-electron chi connectivity index (χ0n) is 83.3. The lowest BCUT2D eigenvalue weighted by Gasteiger charge is -2.24. The van der Waals surface area contributed by atoms with E-state index in [1.54, 1.807) is 14.2 Å². The molecule has 0 radical (unpaired) electrons. The van der Waals surface area contributed by atoms with Crippen molar-refractivity contribution < 1.29 is 14.2 Å². The Morgan fingerprint density at radius 2 is 0.850 bits per heavy atom. The molecule has 2 unspecified atom stereocenters. The van der Waals surface area contributed by atoms with Crippen LogP contribution in [0.3, 0.4) is 0 Å². The highest BCUT2D eigenvalue weighted by atomic mass is 79.9. The second-order valence-corrected chi connectivity index (χ2v) is 33.0. The number of benzene rings is 6. The maximum Gasteiger partial charge on any atom is 0.120 e. The van der Waals surface area contributed by atoms with Gasteiger partial charge in [0.2, 0.25) is 0 Å². The fraction of sp³-hybridized carbons (Fsp3) is 0.650. The number of para-hydroxylation sites is 1.